The van der Waals surface area contributed by atoms with E-state index in [9.17, 15) is 13.2 Å². The van der Waals surface area contributed by atoms with Crippen LogP contribution in [0.2, 0.25) is 0 Å². The number of likely N-dealkylation sites (N-methyl/N-ethyl adjacent to an activating group) is 1. The Kier molecular flexibility index (Phi) is 4.77. The molecule has 1 aromatic carbocycles. The van der Waals surface area contributed by atoms with Gasteiger partial charge >= 0.3 is 6.18 Å². The lowest BCUT2D eigenvalue weighted by Crippen LogP contribution is -2.18. The van der Waals surface area contributed by atoms with Crippen molar-refractivity contribution in [2.75, 3.05) is 13.6 Å². The van der Waals surface area contributed by atoms with E-state index in [0.717, 1.165) is 16.9 Å². The number of nitrogens with zero attached hydrogens (tertiary/aromatic N) is 1. The third kappa shape index (κ3) is 3.80. The van der Waals surface area contributed by atoms with Gasteiger partial charge in [-0.1, -0.05) is 30.3 Å². The molecule has 1 heterocycles. The van der Waals surface area contributed by atoms with Crippen LogP contribution in [0.15, 0.2) is 36.5 Å². The lowest BCUT2D eigenvalue weighted by atomic mass is 9.95. The van der Waals surface area contributed by atoms with Crippen molar-refractivity contribution in [2.45, 2.75) is 18.5 Å². The highest BCUT2D eigenvalue weighted by Gasteiger charge is 2.34. The number of rotatable bonds is 5. The lowest BCUT2D eigenvalue weighted by Gasteiger charge is -2.15. The predicted octanol–water partition coefficient (Wildman–Crippen LogP) is 3.71. The Labute approximate surface area is 119 Å². The zero-order chi connectivity index (χ0) is 14.6. The van der Waals surface area contributed by atoms with Crippen molar-refractivity contribution in [2.24, 2.45) is 0 Å². The van der Waals surface area contributed by atoms with Gasteiger partial charge in [0.2, 0.25) is 0 Å². The minimum Gasteiger partial charge on any atom is -0.319 e. The molecular formula is C14H15F3N2S. The van der Waals surface area contributed by atoms with E-state index in [-0.39, 0.29) is 5.92 Å². The van der Waals surface area contributed by atoms with Crippen molar-refractivity contribution in [3.05, 3.63) is 52.0 Å². The van der Waals surface area contributed by atoms with Crippen LogP contribution in [0.4, 0.5) is 13.2 Å². The van der Waals surface area contributed by atoms with E-state index in [0.29, 0.717) is 17.8 Å². The van der Waals surface area contributed by atoms with Crippen LogP contribution in [0.5, 0.6) is 0 Å². The Morgan fingerprint density at radius 3 is 2.50 bits per heavy atom. The summed E-state index contributed by atoms with van der Waals surface area (Å²) in [4.78, 5) is 4.12. The highest BCUT2D eigenvalue weighted by Crippen LogP contribution is 2.34. The molecule has 1 unspecified atom stereocenters. The van der Waals surface area contributed by atoms with Crippen LogP contribution in [-0.2, 0) is 12.6 Å². The normalized spacial score (nSPS) is 13.4. The van der Waals surface area contributed by atoms with E-state index in [1.165, 1.54) is 6.20 Å². The Bertz CT molecular complexity index is 537. The van der Waals surface area contributed by atoms with Crippen molar-refractivity contribution in [1.82, 2.24) is 10.3 Å². The summed E-state index contributed by atoms with van der Waals surface area (Å²) >= 11 is 0.725. The van der Waals surface area contributed by atoms with Gasteiger partial charge in [-0.2, -0.15) is 13.2 Å². The number of thiazole rings is 1. The Hall–Kier alpha value is -1.40. The van der Waals surface area contributed by atoms with Crippen LogP contribution in [0.3, 0.4) is 0 Å². The number of halogens is 3. The van der Waals surface area contributed by atoms with Crippen LogP contribution in [0.1, 0.15) is 21.4 Å². The summed E-state index contributed by atoms with van der Waals surface area (Å²) in [6, 6.07) is 9.79. The SMILES string of the molecule is CNCC(Cc1cnc(C(F)(F)F)s1)c1ccccc1. The summed E-state index contributed by atoms with van der Waals surface area (Å²) in [6.45, 7) is 0.712. The molecule has 2 aromatic rings. The topological polar surface area (TPSA) is 24.9 Å². The molecular weight excluding hydrogens is 285 g/mol. The third-order valence-electron chi connectivity index (χ3n) is 2.97. The summed E-state index contributed by atoms with van der Waals surface area (Å²) in [5.74, 6) is 0.141. The largest absolute Gasteiger partial charge is 0.443 e. The molecule has 0 saturated heterocycles. The second kappa shape index (κ2) is 6.37. The second-order valence-electron chi connectivity index (χ2n) is 4.50. The maximum Gasteiger partial charge on any atom is 0.443 e. The number of alkyl halides is 3. The van der Waals surface area contributed by atoms with Gasteiger partial charge in [-0.05, 0) is 19.0 Å². The molecule has 1 atom stereocenters. The molecule has 2 rings (SSSR count). The number of hydrogen-bond acceptors (Lipinski definition) is 3. The lowest BCUT2D eigenvalue weighted by molar-refractivity contribution is -0.137. The molecule has 0 fully saturated rings. The van der Waals surface area contributed by atoms with E-state index < -0.39 is 11.2 Å². The Morgan fingerprint density at radius 2 is 1.95 bits per heavy atom. The highest BCUT2D eigenvalue weighted by molar-refractivity contribution is 7.11. The molecule has 0 saturated carbocycles. The van der Waals surface area contributed by atoms with Gasteiger partial charge in [0.15, 0.2) is 5.01 Å². The summed E-state index contributed by atoms with van der Waals surface area (Å²) in [5.41, 5.74) is 1.11. The maximum atomic E-state index is 12.5. The van der Waals surface area contributed by atoms with Gasteiger partial charge in [0.1, 0.15) is 0 Å². The number of nitrogens with one attached hydrogen (secondary N) is 1. The van der Waals surface area contributed by atoms with Crippen molar-refractivity contribution in [3.63, 3.8) is 0 Å². The maximum absolute atomic E-state index is 12.5. The quantitative estimate of drug-likeness (QED) is 0.910. The van der Waals surface area contributed by atoms with Gasteiger partial charge in [0.25, 0.3) is 0 Å². The molecule has 2 nitrogen and oxygen atoms in total. The first kappa shape index (κ1) is 15.0. The van der Waals surface area contributed by atoms with Crippen LogP contribution >= 0.6 is 11.3 Å². The van der Waals surface area contributed by atoms with Gasteiger partial charge < -0.3 is 5.32 Å². The standard InChI is InChI=1S/C14H15F3N2S/c1-18-8-11(10-5-3-2-4-6-10)7-12-9-19-13(20-12)14(15,16)17/h2-6,9,11,18H,7-8H2,1H3. The number of hydrogen-bond donors (Lipinski definition) is 1. The van der Waals surface area contributed by atoms with Crippen LogP contribution < -0.4 is 5.32 Å². The number of aromatic nitrogens is 1. The minimum atomic E-state index is -4.35. The highest BCUT2D eigenvalue weighted by atomic mass is 32.1. The fourth-order valence-electron chi connectivity index (χ4n) is 2.06. The smallest absolute Gasteiger partial charge is 0.319 e. The van der Waals surface area contributed by atoms with Crippen molar-refractivity contribution in [1.29, 1.82) is 0 Å². The first-order chi connectivity index (χ1) is 9.50. The molecule has 0 radical (unpaired) electrons. The summed E-state index contributed by atoms with van der Waals surface area (Å²) < 4.78 is 37.6. The molecule has 0 aliphatic heterocycles. The molecule has 0 aliphatic carbocycles. The first-order valence-corrected chi connectivity index (χ1v) is 7.04. The molecule has 0 amide bonds. The first-order valence-electron chi connectivity index (χ1n) is 6.22. The predicted molar refractivity (Wildman–Crippen MR) is 73.9 cm³/mol. The van der Waals surface area contributed by atoms with Gasteiger partial charge in [-0.3, -0.25) is 0 Å². The fraction of sp³-hybridized carbons (Fsp3) is 0.357. The minimum absolute atomic E-state index is 0.141. The van der Waals surface area contributed by atoms with Gasteiger partial charge in [-0.15, -0.1) is 11.3 Å². The fourth-order valence-corrected chi connectivity index (χ4v) is 2.91. The molecule has 108 valence electrons. The number of benzene rings is 1. The summed E-state index contributed by atoms with van der Waals surface area (Å²) in [6.07, 6.45) is -2.47. The zero-order valence-electron chi connectivity index (χ0n) is 10.9. The van der Waals surface area contributed by atoms with E-state index in [1.807, 2.05) is 37.4 Å². The van der Waals surface area contributed by atoms with Crippen molar-refractivity contribution >= 4 is 11.3 Å². The monoisotopic (exact) mass is 300 g/mol. The van der Waals surface area contributed by atoms with Gasteiger partial charge in [0, 0.05) is 23.5 Å². The average molecular weight is 300 g/mol. The molecule has 0 aliphatic rings. The van der Waals surface area contributed by atoms with Crippen LogP contribution in [0.25, 0.3) is 0 Å². The summed E-state index contributed by atoms with van der Waals surface area (Å²) in [7, 11) is 1.84. The average Bonchev–Trinajstić information content (AvgIpc) is 2.88. The molecule has 6 heteroatoms. The zero-order valence-corrected chi connectivity index (χ0v) is 11.8. The molecule has 20 heavy (non-hydrogen) atoms. The van der Waals surface area contributed by atoms with E-state index >= 15 is 0 Å². The van der Waals surface area contributed by atoms with Crippen LogP contribution in [-0.4, -0.2) is 18.6 Å². The second-order valence-corrected chi connectivity index (χ2v) is 5.61. The molecule has 1 N–H and O–H groups in total. The summed E-state index contributed by atoms with van der Waals surface area (Å²) in [5, 5.41) is 2.31. The van der Waals surface area contributed by atoms with E-state index in [2.05, 4.69) is 10.3 Å². The molecule has 1 aromatic heterocycles. The van der Waals surface area contributed by atoms with Crippen molar-refractivity contribution < 1.29 is 13.2 Å². The molecule has 0 bridgehead atoms. The Balaban J connectivity index is 2.15. The third-order valence-corrected chi connectivity index (χ3v) is 4.03. The van der Waals surface area contributed by atoms with Gasteiger partial charge in [-0.25, -0.2) is 4.98 Å². The van der Waals surface area contributed by atoms with Gasteiger partial charge in [0.05, 0.1) is 0 Å². The van der Waals surface area contributed by atoms with E-state index in [1.54, 1.807) is 0 Å². The Morgan fingerprint density at radius 1 is 1.25 bits per heavy atom. The van der Waals surface area contributed by atoms with E-state index in [4.69, 9.17) is 0 Å². The van der Waals surface area contributed by atoms with Crippen molar-refractivity contribution in [3.8, 4) is 0 Å². The van der Waals surface area contributed by atoms with Crippen LogP contribution in [0, 0.1) is 0 Å². The molecule has 0 spiro atoms.